The van der Waals surface area contributed by atoms with Crippen LogP contribution in [0.4, 0.5) is 4.39 Å². The number of likely N-dealkylation sites (tertiary alicyclic amines) is 1. The van der Waals surface area contributed by atoms with Crippen molar-refractivity contribution in [3.63, 3.8) is 0 Å². The van der Waals surface area contributed by atoms with Gasteiger partial charge in [0.2, 0.25) is 0 Å². The SMILES string of the molecule is Fc1ccccc1-c1cc(-c2cncc(C3=CN(CCN4CCCC4)CCC=C3)c2)c2cccnc2n1. The van der Waals surface area contributed by atoms with Gasteiger partial charge < -0.3 is 9.80 Å². The van der Waals surface area contributed by atoms with Crippen LogP contribution in [0.2, 0.25) is 0 Å². The van der Waals surface area contributed by atoms with Gasteiger partial charge in [-0.3, -0.25) is 4.98 Å². The lowest BCUT2D eigenvalue weighted by molar-refractivity contribution is 0.278. The van der Waals surface area contributed by atoms with E-state index in [1.165, 1.54) is 32.0 Å². The smallest absolute Gasteiger partial charge is 0.160 e. The zero-order valence-electron chi connectivity index (χ0n) is 20.9. The quantitative estimate of drug-likeness (QED) is 0.322. The van der Waals surface area contributed by atoms with E-state index in [9.17, 15) is 4.39 Å². The largest absolute Gasteiger partial charge is 0.375 e. The maximum Gasteiger partial charge on any atom is 0.160 e. The van der Waals surface area contributed by atoms with E-state index >= 15 is 0 Å². The first-order valence-corrected chi connectivity index (χ1v) is 13.1. The first-order valence-electron chi connectivity index (χ1n) is 13.1. The highest BCUT2D eigenvalue weighted by Gasteiger charge is 2.16. The molecule has 0 spiro atoms. The second kappa shape index (κ2) is 10.6. The van der Waals surface area contributed by atoms with Crippen LogP contribution in [0.5, 0.6) is 0 Å². The van der Waals surface area contributed by atoms with E-state index in [1.807, 2.05) is 36.7 Å². The number of halogens is 1. The zero-order valence-corrected chi connectivity index (χ0v) is 20.9. The van der Waals surface area contributed by atoms with Crippen molar-refractivity contribution < 1.29 is 4.39 Å². The van der Waals surface area contributed by atoms with Gasteiger partial charge in [-0.2, -0.15) is 0 Å². The standard InChI is InChI=1S/C31H30FN5/c32-29-11-2-1-9-27(29)30-19-28(26-10-7-12-34-31(26)35-30)25-18-24(20-33-21-25)23-8-3-4-15-37(22-23)17-16-36-13-5-6-14-36/h1-3,7-12,18-22H,4-6,13-17H2. The molecule has 0 N–H and O–H groups in total. The number of aromatic nitrogens is 3. The molecule has 1 fully saturated rings. The van der Waals surface area contributed by atoms with Crippen molar-refractivity contribution in [1.29, 1.82) is 0 Å². The van der Waals surface area contributed by atoms with Gasteiger partial charge in [-0.25, -0.2) is 14.4 Å². The molecule has 0 radical (unpaired) electrons. The minimum Gasteiger partial charge on any atom is -0.375 e. The third-order valence-electron chi connectivity index (χ3n) is 7.22. The molecule has 0 saturated carbocycles. The van der Waals surface area contributed by atoms with Crippen molar-refractivity contribution in [3.8, 4) is 22.4 Å². The maximum atomic E-state index is 14.7. The van der Waals surface area contributed by atoms with Gasteiger partial charge in [-0.05, 0) is 79.9 Å². The van der Waals surface area contributed by atoms with Crippen LogP contribution in [-0.2, 0) is 0 Å². The average molecular weight is 492 g/mol. The molecule has 4 aromatic rings. The highest BCUT2D eigenvalue weighted by Crippen LogP contribution is 2.33. The number of pyridine rings is 3. The molecular weight excluding hydrogens is 461 g/mol. The van der Waals surface area contributed by atoms with Crippen LogP contribution < -0.4 is 0 Å². The van der Waals surface area contributed by atoms with Gasteiger partial charge in [-0.15, -0.1) is 0 Å². The molecule has 1 saturated heterocycles. The van der Waals surface area contributed by atoms with Gasteiger partial charge in [0.1, 0.15) is 5.82 Å². The summed E-state index contributed by atoms with van der Waals surface area (Å²) in [5, 5.41) is 0.916. The molecule has 2 aliphatic rings. The molecule has 1 aromatic carbocycles. The normalized spacial score (nSPS) is 16.2. The Morgan fingerprint density at radius 3 is 2.62 bits per heavy atom. The first-order chi connectivity index (χ1) is 18.2. The molecular formula is C31H30FN5. The van der Waals surface area contributed by atoms with Gasteiger partial charge in [0.15, 0.2) is 5.65 Å². The molecule has 0 atom stereocenters. The third-order valence-corrected chi connectivity index (χ3v) is 7.22. The van der Waals surface area contributed by atoms with Crippen molar-refractivity contribution in [2.45, 2.75) is 19.3 Å². The van der Waals surface area contributed by atoms with Crippen LogP contribution in [0.3, 0.4) is 0 Å². The van der Waals surface area contributed by atoms with Crippen molar-refractivity contribution in [2.24, 2.45) is 0 Å². The van der Waals surface area contributed by atoms with E-state index in [-0.39, 0.29) is 5.82 Å². The lowest BCUT2D eigenvalue weighted by atomic mass is 9.98. The van der Waals surface area contributed by atoms with Crippen LogP contribution >= 0.6 is 0 Å². The van der Waals surface area contributed by atoms with Crippen molar-refractivity contribution >= 4 is 16.6 Å². The number of hydrogen-bond acceptors (Lipinski definition) is 5. The Kier molecular flexibility index (Phi) is 6.74. The van der Waals surface area contributed by atoms with Crippen LogP contribution in [0, 0.1) is 5.82 Å². The molecule has 2 aliphatic heterocycles. The topological polar surface area (TPSA) is 45.2 Å². The summed E-state index contributed by atoms with van der Waals surface area (Å²) in [6.45, 7) is 5.60. The van der Waals surface area contributed by atoms with Crippen LogP contribution in [0.1, 0.15) is 24.8 Å². The predicted octanol–water partition coefficient (Wildman–Crippen LogP) is 6.20. The molecule has 37 heavy (non-hydrogen) atoms. The Bertz CT molecular complexity index is 1470. The van der Waals surface area contributed by atoms with Crippen molar-refractivity contribution in [3.05, 3.63) is 96.9 Å². The van der Waals surface area contributed by atoms with E-state index in [0.717, 1.165) is 53.7 Å². The first kappa shape index (κ1) is 23.5. The highest BCUT2D eigenvalue weighted by atomic mass is 19.1. The highest BCUT2D eigenvalue weighted by molar-refractivity contribution is 5.95. The fraction of sp³-hybridized carbons (Fsp3) is 0.258. The predicted molar refractivity (Wildman–Crippen MR) is 147 cm³/mol. The molecule has 6 heteroatoms. The molecule has 5 nitrogen and oxygen atoms in total. The van der Waals surface area contributed by atoms with E-state index in [0.29, 0.717) is 16.9 Å². The monoisotopic (exact) mass is 491 g/mol. The Hall–Kier alpha value is -3.90. The van der Waals surface area contributed by atoms with Gasteiger partial charge in [0, 0.05) is 66.5 Å². The number of rotatable bonds is 6. The summed E-state index contributed by atoms with van der Waals surface area (Å²) in [5.41, 5.74) is 5.72. The summed E-state index contributed by atoms with van der Waals surface area (Å²) < 4.78 is 14.7. The lowest BCUT2D eigenvalue weighted by Crippen LogP contribution is -2.31. The van der Waals surface area contributed by atoms with E-state index < -0.39 is 0 Å². The van der Waals surface area contributed by atoms with E-state index in [1.54, 1.807) is 18.3 Å². The van der Waals surface area contributed by atoms with Crippen molar-refractivity contribution in [2.75, 3.05) is 32.7 Å². The third kappa shape index (κ3) is 5.16. The Labute approximate surface area is 217 Å². The molecule has 0 aliphatic carbocycles. The molecule has 0 amide bonds. The average Bonchev–Trinajstić information content (AvgIpc) is 3.35. The molecule has 3 aromatic heterocycles. The second-order valence-electron chi connectivity index (χ2n) is 9.73. The summed E-state index contributed by atoms with van der Waals surface area (Å²) in [6.07, 6.45) is 15.9. The summed E-state index contributed by atoms with van der Waals surface area (Å²) in [4.78, 5) is 18.8. The lowest BCUT2D eigenvalue weighted by Gasteiger charge is -2.23. The van der Waals surface area contributed by atoms with Crippen LogP contribution in [-0.4, -0.2) is 57.5 Å². The zero-order chi connectivity index (χ0) is 25.0. The van der Waals surface area contributed by atoms with Gasteiger partial charge >= 0.3 is 0 Å². The van der Waals surface area contributed by atoms with Crippen LogP contribution in [0.15, 0.2) is 85.5 Å². The summed E-state index contributed by atoms with van der Waals surface area (Å²) >= 11 is 0. The molecule has 0 unspecified atom stereocenters. The Morgan fingerprint density at radius 2 is 1.73 bits per heavy atom. The molecule has 186 valence electrons. The summed E-state index contributed by atoms with van der Waals surface area (Å²) in [6, 6.07) is 14.8. The number of hydrogen-bond donors (Lipinski definition) is 0. The molecule has 0 bridgehead atoms. The number of nitrogens with zero attached hydrogens (tertiary/aromatic N) is 5. The van der Waals surface area contributed by atoms with E-state index in [4.69, 9.17) is 0 Å². The Morgan fingerprint density at radius 1 is 0.865 bits per heavy atom. The number of benzene rings is 1. The van der Waals surface area contributed by atoms with E-state index in [2.05, 4.69) is 49.2 Å². The number of fused-ring (bicyclic) bond motifs is 1. The van der Waals surface area contributed by atoms with Crippen LogP contribution in [0.25, 0.3) is 39.0 Å². The summed E-state index contributed by atoms with van der Waals surface area (Å²) in [5.74, 6) is -0.300. The maximum absolute atomic E-state index is 14.7. The fourth-order valence-electron chi connectivity index (χ4n) is 5.23. The molecule has 5 heterocycles. The van der Waals surface area contributed by atoms with Gasteiger partial charge in [0.05, 0.1) is 5.69 Å². The minimum absolute atomic E-state index is 0.300. The summed E-state index contributed by atoms with van der Waals surface area (Å²) in [7, 11) is 0. The molecule has 6 rings (SSSR count). The second-order valence-corrected chi connectivity index (χ2v) is 9.73. The van der Waals surface area contributed by atoms with Crippen molar-refractivity contribution in [1.82, 2.24) is 24.8 Å². The Balaban J connectivity index is 1.37. The minimum atomic E-state index is -0.300. The fourth-order valence-corrected chi connectivity index (χ4v) is 5.23. The van der Waals surface area contributed by atoms with Gasteiger partial charge in [0.25, 0.3) is 0 Å². The van der Waals surface area contributed by atoms with Gasteiger partial charge in [-0.1, -0.05) is 24.3 Å². The number of allylic oxidation sites excluding steroid dienone is 2.